The van der Waals surface area contributed by atoms with Crippen LogP contribution in [0.15, 0.2) is 48.5 Å². The summed E-state index contributed by atoms with van der Waals surface area (Å²) in [5.74, 6) is -0.255. The lowest BCUT2D eigenvalue weighted by Gasteiger charge is -2.34. The summed E-state index contributed by atoms with van der Waals surface area (Å²) in [6.07, 6.45) is -3.48. The molecule has 2 atom stereocenters. The smallest absolute Gasteiger partial charge is 0.416 e. The second kappa shape index (κ2) is 9.50. The minimum absolute atomic E-state index is 0.128. The van der Waals surface area contributed by atoms with Gasteiger partial charge in [-0.15, -0.1) is 0 Å². The van der Waals surface area contributed by atoms with Crippen molar-refractivity contribution in [1.29, 1.82) is 0 Å². The average molecular weight is 448 g/mol. The van der Waals surface area contributed by atoms with Gasteiger partial charge in [-0.2, -0.15) is 13.2 Å². The molecular weight excluding hydrogens is 421 g/mol. The van der Waals surface area contributed by atoms with Crippen molar-refractivity contribution in [3.8, 4) is 0 Å². The third-order valence-corrected chi connectivity index (χ3v) is 6.32. The summed E-state index contributed by atoms with van der Waals surface area (Å²) in [5.41, 5.74) is 1.77. The van der Waals surface area contributed by atoms with Crippen molar-refractivity contribution in [3.05, 3.63) is 65.2 Å². The highest BCUT2D eigenvalue weighted by Gasteiger charge is 2.35. The van der Waals surface area contributed by atoms with Gasteiger partial charge in [-0.25, -0.2) is 4.79 Å². The van der Waals surface area contributed by atoms with Crippen LogP contribution in [0.4, 0.5) is 18.9 Å². The summed E-state index contributed by atoms with van der Waals surface area (Å²) in [6.45, 7) is 4.73. The van der Waals surface area contributed by atoms with Gasteiger partial charge in [-0.3, -0.25) is 4.90 Å². The van der Waals surface area contributed by atoms with Crippen LogP contribution in [0, 0.1) is 0 Å². The van der Waals surface area contributed by atoms with E-state index in [2.05, 4.69) is 9.80 Å². The number of halogens is 3. The third kappa shape index (κ3) is 5.07. The van der Waals surface area contributed by atoms with Crippen LogP contribution in [0.5, 0.6) is 0 Å². The molecule has 2 aliphatic rings. The number of hydrogen-bond donors (Lipinski definition) is 0. The van der Waals surface area contributed by atoms with Gasteiger partial charge in [0.25, 0.3) is 0 Å². The number of benzene rings is 2. The molecule has 2 aliphatic heterocycles. The van der Waals surface area contributed by atoms with Gasteiger partial charge >= 0.3 is 12.1 Å². The predicted molar refractivity (Wildman–Crippen MR) is 115 cm³/mol. The summed E-state index contributed by atoms with van der Waals surface area (Å²) in [6, 6.07) is 13.1. The SMILES string of the molecule is COC(=O)c1ccc(N2CC(c3ccc(C(F)(F)F)cc3)C[C@H]2CN2CCOCC2)cc1. The first-order valence-electron chi connectivity index (χ1n) is 10.8. The Balaban J connectivity index is 1.55. The molecule has 0 amide bonds. The molecule has 0 N–H and O–H groups in total. The van der Waals surface area contributed by atoms with Gasteiger partial charge in [0, 0.05) is 43.8 Å². The van der Waals surface area contributed by atoms with E-state index in [-0.39, 0.29) is 17.9 Å². The van der Waals surface area contributed by atoms with Crippen LogP contribution in [0.2, 0.25) is 0 Å². The lowest BCUT2D eigenvalue weighted by Crippen LogP contribution is -2.45. The van der Waals surface area contributed by atoms with Crippen molar-refractivity contribution >= 4 is 11.7 Å². The van der Waals surface area contributed by atoms with Crippen molar-refractivity contribution < 1.29 is 27.4 Å². The Morgan fingerprint density at radius 2 is 1.72 bits per heavy atom. The largest absolute Gasteiger partial charge is 0.465 e. The van der Waals surface area contributed by atoms with E-state index in [4.69, 9.17) is 9.47 Å². The van der Waals surface area contributed by atoms with Gasteiger partial charge in [-0.1, -0.05) is 12.1 Å². The quantitative estimate of drug-likeness (QED) is 0.642. The monoisotopic (exact) mass is 448 g/mol. The van der Waals surface area contributed by atoms with E-state index in [1.54, 1.807) is 24.3 Å². The van der Waals surface area contributed by atoms with Crippen molar-refractivity contribution in [1.82, 2.24) is 4.90 Å². The second-order valence-electron chi connectivity index (χ2n) is 8.31. The first-order chi connectivity index (χ1) is 15.3. The zero-order valence-corrected chi connectivity index (χ0v) is 18.0. The maximum absolute atomic E-state index is 13.0. The lowest BCUT2D eigenvalue weighted by molar-refractivity contribution is -0.137. The molecule has 0 bridgehead atoms. The summed E-state index contributed by atoms with van der Waals surface area (Å²) in [4.78, 5) is 16.5. The van der Waals surface area contributed by atoms with E-state index in [0.717, 1.165) is 37.3 Å². The number of ether oxygens (including phenoxy) is 2. The zero-order valence-electron chi connectivity index (χ0n) is 18.0. The number of rotatable bonds is 5. The molecule has 0 saturated carbocycles. The molecule has 8 heteroatoms. The number of carbonyl (C=O) groups excluding carboxylic acids is 1. The molecule has 2 aromatic carbocycles. The number of alkyl halides is 3. The molecule has 2 fully saturated rings. The summed E-state index contributed by atoms with van der Waals surface area (Å²) < 4.78 is 49.1. The number of hydrogen-bond acceptors (Lipinski definition) is 5. The standard InChI is InChI=1S/C24H27F3N2O3/c1-31-23(30)18-4-8-21(9-5-18)29-15-19(14-22(29)16-28-10-12-32-13-11-28)17-2-6-20(7-3-17)24(25,26)27/h2-9,19,22H,10-16H2,1H3/t19?,22-/m0/s1. The number of anilines is 1. The molecule has 2 saturated heterocycles. The van der Waals surface area contributed by atoms with Crippen molar-refractivity contribution in [3.63, 3.8) is 0 Å². The summed E-state index contributed by atoms with van der Waals surface area (Å²) >= 11 is 0. The highest BCUT2D eigenvalue weighted by Crippen LogP contribution is 2.37. The van der Waals surface area contributed by atoms with Gasteiger partial charge in [0.05, 0.1) is 31.5 Å². The predicted octanol–water partition coefficient (Wildman–Crippen LogP) is 4.19. The molecule has 4 rings (SSSR count). The van der Waals surface area contributed by atoms with E-state index in [1.807, 2.05) is 12.1 Å². The van der Waals surface area contributed by atoms with Crippen LogP contribution in [-0.4, -0.2) is 63.4 Å². The van der Waals surface area contributed by atoms with Crippen LogP contribution in [-0.2, 0) is 15.7 Å². The van der Waals surface area contributed by atoms with E-state index >= 15 is 0 Å². The van der Waals surface area contributed by atoms with Crippen LogP contribution < -0.4 is 4.90 Å². The number of morpholine rings is 1. The maximum Gasteiger partial charge on any atom is 0.416 e. The molecule has 0 radical (unpaired) electrons. The summed E-state index contributed by atoms with van der Waals surface area (Å²) in [7, 11) is 1.35. The van der Waals surface area contributed by atoms with E-state index in [0.29, 0.717) is 25.3 Å². The Morgan fingerprint density at radius 3 is 2.31 bits per heavy atom. The summed E-state index contributed by atoms with van der Waals surface area (Å²) in [5, 5.41) is 0. The fourth-order valence-corrected chi connectivity index (χ4v) is 4.58. The highest BCUT2D eigenvalue weighted by molar-refractivity contribution is 5.89. The Labute approximate surface area is 185 Å². The minimum atomic E-state index is -4.33. The highest BCUT2D eigenvalue weighted by atomic mass is 19.4. The molecule has 32 heavy (non-hydrogen) atoms. The van der Waals surface area contributed by atoms with E-state index < -0.39 is 11.7 Å². The average Bonchev–Trinajstić information content (AvgIpc) is 3.22. The molecule has 1 unspecified atom stereocenters. The molecule has 172 valence electrons. The topological polar surface area (TPSA) is 42.0 Å². The Hall–Kier alpha value is -2.58. The Kier molecular flexibility index (Phi) is 6.71. The fourth-order valence-electron chi connectivity index (χ4n) is 4.58. The molecule has 0 spiro atoms. The van der Waals surface area contributed by atoms with Crippen LogP contribution in [0.1, 0.15) is 33.8 Å². The molecule has 0 aromatic heterocycles. The minimum Gasteiger partial charge on any atom is -0.465 e. The van der Waals surface area contributed by atoms with Crippen LogP contribution >= 0.6 is 0 Å². The van der Waals surface area contributed by atoms with Crippen molar-refractivity contribution in [2.45, 2.75) is 24.6 Å². The molecule has 2 heterocycles. The first kappa shape index (κ1) is 22.6. The maximum atomic E-state index is 13.0. The van der Waals surface area contributed by atoms with E-state index in [9.17, 15) is 18.0 Å². The number of carbonyl (C=O) groups is 1. The Morgan fingerprint density at radius 1 is 1.06 bits per heavy atom. The van der Waals surface area contributed by atoms with Crippen LogP contribution in [0.3, 0.4) is 0 Å². The number of esters is 1. The van der Waals surface area contributed by atoms with Gasteiger partial charge < -0.3 is 14.4 Å². The third-order valence-electron chi connectivity index (χ3n) is 6.32. The van der Waals surface area contributed by atoms with Gasteiger partial charge in [0.2, 0.25) is 0 Å². The molecule has 2 aromatic rings. The molecular formula is C24H27F3N2O3. The van der Waals surface area contributed by atoms with E-state index in [1.165, 1.54) is 19.2 Å². The van der Waals surface area contributed by atoms with Gasteiger partial charge in [0.15, 0.2) is 0 Å². The second-order valence-corrected chi connectivity index (χ2v) is 8.31. The number of methoxy groups -OCH3 is 1. The molecule has 0 aliphatic carbocycles. The fraction of sp³-hybridized carbons (Fsp3) is 0.458. The normalized spacial score (nSPS) is 22.2. The first-order valence-corrected chi connectivity index (χ1v) is 10.8. The van der Waals surface area contributed by atoms with Crippen LogP contribution in [0.25, 0.3) is 0 Å². The zero-order chi connectivity index (χ0) is 22.7. The van der Waals surface area contributed by atoms with Gasteiger partial charge in [0.1, 0.15) is 0 Å². The van der Waals surface area contributed by atoms with Gasteiger partial charge in [-0.05, 0) is 48.4 Å². The van der Waals surface area contributed by atoms with Crippen molar-refractivity contribution in [2.24, 2.45) is 0 Å². The number of nitrogens with zero attached hydrogens (tertiary/aromatic N) is 2. The lowest BCUT2D eigenvalue weighted by atomic mass is 9.95. The Bertz CT molecular complexity index is 910. The van der Waals surface area contributed by atoms with Crippen molar-refractivity contribution in [2.75, 3.05) is 51.4 Å². The molecule has 5 nitrogen and oxygen atoms in total.